The fraction of sp³-hybridized carbons (Fsp3) is 0. The van der Waals surface area contributed by atoms with Gasteiger partial charge in [-0.05, 0) is 34.4 Å². The molecule has 0 nitrogen and oxygen atoms in total. The van der Waals surface area contributed by atoms with E-state index in [9.17, 15) is 0 Å². The van der Waals surface area contributed by atoms with Crippen LogP contribution in [-0.2, 0) is 0 Å². The highest BCUT2D eigenvalue weighted by Crippen LogP contribution is 2.31. The van der Waals surface area contributed by atoms with Crippen molar-refractivity contribution in [2.24, 2.45) is 0 Å². The molecule has 2 rings (SSSR count). The van der Waals surface area contributed by atoms with Crippen molar-refractivity contribution in [1.29, 1.82) is 0 Å². The lowest BCUT2D eigenvalue weighted by Gasteiger charge is -1.74. The summed E-state index contributed by atoms with van der Waals surface area (Å²) in [6.45, 7) is 7.56. The minimum Gasteiger partial charge on any atom is -0.0911 e. The molecular formula is C10H8. The van der Waals surface area contributed by atoms with Crippen molar-refractivity contribution >= 4 is 0 Å². The van der Waals surface area contributed by atoms with Gasteiger partial charge in [0.25, 0.3) is 0 Å². The van der Waals surface area contributed by atoms with Crippen LogP contribution in [0.4, 0.5) is 0 Å². The topological polar surface area (TPSA) is 0 Å². The van der Waals surface area contributed by atoms with E-state index in [2.05, 4.69) is 37.5 Å². The van der Waals surface area contributed by atoms with Crippen molar-refractivity contribution in [3.8, 4) is 0 Å². The first-order valence-electron chi connectivity index (χ1n) is 3.27. The molecule has 0 aromatic rings. The van der Waals surface area contributed by atoms with E-state index in [-0.39, 0.29) is 0 Å². The Labute approximate surface area is 60.6 Å². The van der Waals surface area contributed by atoms with Gasteiger partial charge in [-0.15, -0.1) is 0 Å². The van der Waals surface area contributed by atoms with Crippen LogP contribution in [0, 0.1) is 0 Å². The zero-order valence-corrected chi connectivity index (χ0v) is 5.72. The van der Waals surface area contributed by atoms with E-state index in [1.807, 2.05) is 0 Å². The molecule has 0 fully saturated rings. The van der Waals surface area contributed by atoms with Crippen LogP contribution in [0.5, 0.6) is 0 Å². The molecule has 0 radical (unpaired) electrons. The maximum absolute atomic E-state index is 3.78. The van der Waals surface area contributed by atoms with Crippen LogP contribution in [0.2, 0.25) is 0 Å². The number of hydrogen-bond donors (Lipinski definition) is 0. The molecule has 0 N–H and O–H groups in total. The molecule has 0 aromatic heterocycles. The van der Waals surface area contributed by atoms with Gasteiger partial charge < -0.3 is 0 Å². The average Bonchev–Trinajstić information content (AvgIpc) is 2.71. The first-order valence-corrected chi connectivity index (χ1v) is 3.27. The molecule has 2 aliphatic carbocycles. The Morgan fingerprint density at radius 1 is 0.900 bits per heavy atom. The number of allylic oxidation sites excluding steroid dienone is 8. The molecule has 0 spiro atoms. The quantitative estimate of drug-likeness (QED) is 0.536. The van der Waals surface area contributed by atoms with Crippen LogP contribution >= 0.6 is 0 Å². The minimum absolute atomic E-state index is 1.16. The molecule has 2 aliphatic rings. The Morgan fingerprint density at radius 3 is 1.40 bits per heavy atom. The van der Waals surface area contributed by atoms with Gasteiger partial charge in [0.15, 0.2) is 0 Å². The first kappa shape index (κ1) is 5.48. The summed E-state index contributed by atoms with van der Waals surface area (Å²) < 4.78 is 0. The fourth-order valence-electron chi connectivity index (χ4n) is 0.793. The average molecular weight is 128 g/mol. The summed E-state index contributed by atoms with van der Waals surface area (Å²) in [5.74, 6) is 0. The van der Waals surface area contributed by atoms with Crippen molar-refractivity contribution in [3.05, 3.63) is 59.8 Å². The minimum atomic E-state index is 1.16. The fourth-order valence-corrected chi connectivity index (χ4v) is 0.793. The molecular weight excluding hydrogens is 120 g/mol. The second-order valence-corrected chi connectivity index (χ2v) is 2.58. The lowest BCUT2D eigenvalue weighted by Crippen LogP contribution is -1.55. The summed E-state index contributed by atoms with van der Waals surface area (Å²) in [6, 6.07) is 0. The van der Waals surface area contributed by atoms with Crippen LogP contribution in [0.25, 0.3) is 0 Å². The molecule has 0 heteroatoms. The number of hydrogen-bond acceptors (Lipinski definition) is 0. The zero-order chi connectivity index (χ0) is 7.14. The van der Waals surface area contributed by atoms with E-state index >= 15 is 0 Å². The van der Waals surface area contributed by atoms with E-state index < -0.39 is 0 Å². The molecule has 0 atom stereocenters. The second kappa shape index (κ2) is 1.60. The Kier molecular flexibility index (Phi) is 0.877. The zero-order valence-electron chi connectivity index (χ0n) is 5.72. The lowest BCUT2D eigenvalue weighted by molar-refractivity contribution is 1.81. The lowest BCUT2D eigenvalue weighted by atomic mass is 10.3. The van der Waals surface area contributed by atoms with Gasteiger partial charge in [-0.1, -0.05) is 25.3 Å². The molecule has 0 bridgehead atoms. The Balaban J connectivity index is 1.96. The third-order valence-corrected chi connectivity index (χ3v) is 1.68. The van der Waals surface area contributed by atoms with Crippen molar-refractivity contribution < 1.29 is 0 Å². The van der Waals surface area contributed by atoms with Gasteiger partial charge in [-0.25, -0.2) is 0 Å². The molecule has 0 heterocycles. The van der Waals surface area contributed by atoms with Crippen LogP contribution in [-0.4, -0.2) is 0 Å². The summed E-state index contributed by atoms with van der Waals surface area (Å²) in [4.78, 5) is 0. The predicted octanol–water partition coefficient (Wildman–Crippen LogP) is 2.54. The highest BCUT2D eigenvalue weighted by molar-refractivity contribution is 5.67. The molecule has 0 aromatic carbocycles. The molecule has 0 saturated carbocycles. The van der Waals surface area contributed by atoms with Gasteiger partial charge >= 0.3 is 0 Å². The van der Waals surface area contributed by atoms with Gasteiger partial charge in [0.1, 0.15) is 0 Å². The molecule has 0 unspecified atom stereocenters. The van der Waals surface area contributed by atoms with E-state index in [1.165, 1.54) is 11.1 Å². The molecule has 0 saturated heterocycles. The summed E-state index contributed by atoms with van der Waals surface area (Å²) >= 11 is 0. The first-order chi connectivity index (χ1) is 4.77. The predicted molar refractivity (Wildman–Crippen MR) is 43.6 cm³/mol. The number of rotatable bonds is 2. The molecule has 10 heavy (non-hydrogen) atoms. The van der Waals surface area contributed by atoms with Gasteiger partial charge in [0, 0.05) is 0 Å². The Bertz CT molecular complexity index is 277. The molecule has 0 aliphatic heterocycles. The van der Waals surface area contributed by atoms with Crippen molar-refractivity contribution in [3.63, 3.8) is 0 Å². The van der Waals surface area contributed by atoms with Crippen LogP contribution in [0.15, 0.2) is 59.8 Å². The van der Waals surface area contributed by atoms with Gasteiger partial charge in [-0.3, -0.25) is 0 Å². The van der Waals surface area contributed by atoms with Gasteiger partial charge in [-0.2, -0.15) is 0 Å². The van der Waals surface area contributed by atoms with Crippen LogP contribution in [0.1, 0.15) is 0 Å². The highest BCUT2D eigenvalue weighted by atomic mass is 14.2. The SMILES string of the molecule is C=C1C=C1/C=C/C1=CC1=C. The summed E-state index contributed by atoms with van der Waals surface area (Å²) in [7, 11) is 0. The van der Waals surface area contributed by atoms with Crippen molar-refractivity contribution in [2.75, 3.05) is 0 Å². The standard InChI is InChI=1S/C10H8/c1-7-5-9(7)3-4-10-6-8(10)2/h3-6H,1-2H2/b4-3+. The Hall–Kier alpha value is -1.30. The largest absolute Gasteiger partial charge is 0.0911 e. The smallest absolute Gasteiger partial charge is 0.0184 e. The normalized spacial score (nSPS) is 21.2. The molecule has 0 amide bonds. The summed E-state index contributed by atoms with van der Waals surface area (Å²) in [5.41, 5.74) is 4.84. The van der Waals surface area contributed by atoms with Crippen molar-refractivity contribution in [2.45, 2.75) is 0 Å². The molecule has 48 valence electrons. The summed E-state index contributed by atoms with van der Waals surface area (Å²) in [5, 5.41) is 0. The summed E-state index contributed by atoms with van der Waals surface area (Å²) in [6.07, 6.45) is 8.27. The monoisotopic (exact) mass is 128 g/mol. The third-order valence-electron chi connectivity index (χ3n) is 1.68. The second-order valence-electron chi connectivity index (χ2n) is 2.58. The van der Waals surface area contributed by atoms with E-state index in [0.717, 1.165) is 11.1 Å². The van der Waals surface area contributed by atoms with Gasteiger partial charge in [0.2, 0.25) is 0 Å². The van der Waals surface area contributed by atoms with E-state index in [4.69, 9.17) is 0 Å². The van der Waals surface area contributed by atoms with E-state index in [1.54, 1.807) is 0 Å². The van der Waals surface area contributed by atoms with Gasteiger partial charge in [0.05, 0.1) is 0 Å². The maximum atomic E-state index is 3.78. The van der Waals surface area contributed by atoms with Crippen LogP contribution in [0.3, 0.4) is 0 Å². The third kappa shape index (κ3) is 0.883. The van der Waals surface area contributed by atoms with E-state index in [0.29, 0.717) is 0 Å². The maximum Gasteiger partial charge on any atom is -0.0184 e. The highest BCUT2D eigenvalue weighted by Gasteiger charge is 2.12. The van der Waals surface area contributed by atoms with Crippen molar-refractivity contribution in [1.82, 2.24) is 0 Å². The van der Waals surface area contributed by atoms with Crippen LogP contribution < -0.4 is 0 Å². The Morgan fingerprint density at radius 2 is 1.20 bits per heavy atom.